The Kier molecular flexibility index (Phi) is 5.28. The Bertz CT molecular complexity index is 435. The highest BCUT2D eigenvalue weighted by Crippen LogP contribution is 2.13. The predicted molar refractivity (Wildman–Crippen MR) is 60.0 cm³/mol. The van der Waals surface area contributed by atoms with Gasteiger partial charge in [-0.25, -0.2) is 0 Å². The van der Waals surface area contributed by atoms with Crippen LogP contribution in [0, 0.1) is 0 Å². The van der Waals surface area contributed by atoms with Crippen LogP contribution in [0.5, 0.6) is 0 Å². The number of nitrogens with one attached hydrogen (secondary N) is 2. The number of alkyl halides is 3. The van der Waals surface area contributed by atoms with Crippen LogP contribution in [0.3, 0.4) is 0 Å². The van der Waals surface area contributed by atoms with E-state index < -0.39 is 12.1 Å². The minimum Gasteiger partial charge on any atom is -0.354 e. The molecule has 0 radical (unpaired) electrons. The van der Waals surface area contributed by atoms with Crippen molar-refractivity contribution in [2.24, 2.45) is 0 Å². The quantitative estimate of drug-likeness (QED) is 0.765. The molecule has 5 nitrogen and oxygen atoms in total. The normalized spacial score (nSPS) is 10.9. The Morgan fingerprint density at radius 3 is 2.47 bits per heavy atom. The molecule has 104 valence electrons. The van der Waals surface area contributed by atoms with Crippen molar-refractivity contribution >= 4 is 11.8 Å². The van der Waals surface area contributed by atoms with Crippen molar-refractivity contribution in [1.82, 2.24) is 15.6 Å². The van der Waals surface area contributed by atoms with Crippen molar-refractivity contribution in [3.8, 4) is 0 Å². The number of halogens is 3. The fourth-order valence-electron chi connectivity index (χ4n) is 1.23. The van der Waals surface area contributed by atoms with Gasteiger partial charge in [0.1, 0.15) is 0 Å². The Morgan fingerprint density at radius 1 is 1.21 bits per heavy atom. The summed E-state index contributed by atoms with van der Waals surface area (Å²) < 4.78 is 35.4. The Labute approximate surface area is 107 Å². The topological polar surface area (TPSA) is 71.1 Å². The molecule has 0 aliphatic heterocycles. The summed E-state index contributed by atoms with van der Waals surface area (Å²) in [5, 5.41) is 4.04. The smallest absolute Gasteiger partial charge is 0.354 e. The van der Waals surface area contributed by atoms with Crippen molar-refractivity contribution in [1.29, 1.82) is 0 Å². The lowest BCUT2D eigenvalue weighted by atomic mass is 10.2. The number of aromatic nitrogens is 1. The van der Waals surface area contributed by atoms with Crippen LogP contribution >= 0.6 is 0 Å². The summed E-state index contributed by atoms with van der Waals surface area (Å²) in [4.78, 5) is 25.6. The van der Waals surface area contributed by atoms with E-state index >= 15 is 0 Å². The maximum atomic E-state index is 11.8. The van der Waals surface area contributed by atoms with Gasteiger partial charge in [-0.15, -0.1) is 0 Å². The summed E-state index contributed by atoms with van der Waals surface area (Å²) in [7, 11) is 0. The van der Waals surface area contributed by atoms with E-state index in [-0.39, 0.29) is 25.4 Å². The highest BCUT2D eigenvalue weighted by atomic mass is 19.4. The van der Waals surface area contributed by atoms with E-state index in [0.29, 0.717) is 5.56 Å². The lowest BCUT2D eigenvalue weighted by molar-refractivity contribution is -0.173. The molecule has 0 bridgehead atoms. The first-order valence-electron chi connectivity index (χ1n) is 5.40. The van der Waals surface area contributed by atoms with Gasteiger partial charge in [0.2, 0.25) is 5.91 Å². The Morgan fingerprint density at radius 2 is 1.89 bits per heavy atom. The average Bonchev–Trinajstić information content (AvgIpc) is 2.34. The Hall–Kier alpha value is -2.12. The number of pyridine rings is 1. The van der Waals surface area contributed by atoms with Gasteiger partial charge in [0.15, 0.2) is 0 Å². The molecule has 1 heterocycles. The number of amides is 2. The standard InChI is InChI=1S/C11H12F3N3O2/c12-11(13,14)10(19)17-5-4-16-9(18)6-8-2-1-3-15-7-8/h1-3,7H,4-6H2,(H,16,18)(H,17,19). The van der Waals surface area contributed by atoms with E-state index in [1.54, 1.807) is 23.6 Å². The van der Waals surface area contributed by atoms with Gasteiger partial charge in [-0.1, -0.05) is 6.07 Å². The second-order valence-corrected chi connectivity index (χ2v) is 3.64. The summed E-state index contributed by atoms with van der Waals surface area (Å²) in [5.74, 6) is -2.37. The van der Waals surface area contributed by atoms with Crippen LogP contribution in [0.1, 0.15) is 5.56 Å². The monoisotopic (exact) mass is 275 g/mol. The van der Waals surface area contributed by atoms with Crippen molar-refractivity contribution in [3.05, 3.63) is 30.1 Å². The SMILES string of the molecule is O=C(Cc1cccnc1)NCCNC(=O)C(F)(F)F. The molecule has 2 N–H and O–H groups in total. The summed E-state index contributed by atoms with van der Waals surface area (Å²) >= 11 is 0. The third kappa shape index (κ3) is 5.84. The molecule has 0 aliphatic rings. The second-order valence-electron chi connectivity index (χ2n) is 3.64. The van der Waals surface area contributed by atoms with Gasteiger partial charge < -0.3 is 10.6 Å². The molecular formula is C11H12F3N3O2. The molecule has 0 fully saturated rings. The minimum atomic E-state index is -4.90. The fraction of sp³-hybridized carbons (Fsp3) is 0.364. The number of carbonyl (C=O) groups excluding carboxylic acids is 2. The lowest BCUT2D eigenvalue weighted by Gasteiger charge is -2.08. The molecule has 0 aliphatic carbocycles. The van der Waals surface area contributed by atoms with Crippen molar-refractivity contribution in [3.63, 3.8) is 0 Å². The van der Waals surface area contributed by atoms with E-state index in [1.165, 1.54) is 6.20 Å². The van der Waals surface area contributed by atoms with Gasteiger partial charge in [-0.3, -0.25) is 14.6 Å². The molecule has 8 heteroatoms. The molecule has 0 aromatic carbocycles. The van der Waals surface area contributed by atoms with Gasteiger partial charge >= 0.3 is 12.1 Å². The molecule has 0 spiro atoms. The zero-order valence-corrected chi connectivity index (χ0v) is 9.83. The van der Waals surface area contributed by atoms with Crippen LogP contribution in [-0.2, 0) is 16.0 Å². The first kappa shape index (κ1) is 14.9. The van der Waals surface area contributed by atoms with Crippen molar-refractivity contribution in [2.75, 3.05) is 13.1 Å². The summed E-state index contributed by atoms with van der Waals surface area (Å²) in [6, 6.07) is 3.38. The third-order valence-corrected chi connectivity index (χ3v) is 2.08. The molecule has 1 aromatic heterocycles. The van der Waals surface area contributed by atoms with E-state index in [0.717, 1.165) is 0 Å². The van der Waals surface area contributed by atoms with Gasteiger partial charge in [0.25, 0.3) is 0 Å². The fourth-order valence-corrected chi connectivity index (χ4v) is 1.23. The molecule has 0 atom stereocenters. The summed E-state index contributed by atoms with van der Waals surface area (Å²) in [6.45, 7) is -0.349. The zero-order valence-electron chi connectivity index (χ0n) is 9.83. The molecular weight excluding hydrogens is 263 g/mol. The van der Waals surface area contributed by atoms with Crippen LogP contribution in [-0.4, -0.2) is 36.1 Å². The van der Waals surface area contributed by atoms with E-state index in [4.69, 9.17) is 0 Å². The van der Waals surface area contributed by atoms with Gasteiger partial charge in [0.05, 0.1) is 6.42 Å². The van der Waals surface area contributed by atoms with Crippen LogP contribution in [0.2, 0.25) is 0 Å². The predicted octanol–water partition coefficient (Wildman–Crippen LogP) is 0.419. The molecule has 1 rings (SSSR count). The number of carbonyl (C=O) groups is 2. The van der Waals surface area contributed by atoms with Gasteiger partial charge in [0, 0.05) is 25.5 Å². The molecule has 1 aromatic rings. The highest BCUT2D eigenvalue weighted by Gasteiger charge is 2.38. The first-order chi connectivity index (χ1) is 8.89. The summed E-state index contributed by atoms with van der Waals surface area (Å²) in [5.41, 5.74) is 0.694. The second kappa shape index (κ2) is 6.72. The van der Waals surface area contributed by atoms with Crippen molar-refractivity contribution in [2.45, 2.75) is 12.6 Å². The van der Waals surface area contributed by atoms with Crippen LogP contribution in [0.4, 0.5) is 13.2 Å². The molecule has 0 saturated heterocycles. The Balaban J connectivity index is 2.20. The maximum absolute atomic E-state index is 11.8. The van der Waals surface area contributed by atoms with Crippen LogP contribution < -0.4 is 10.6 Å². The van der Waals surface area contributed by atoms with Crippen molar-refractivity contribution < 1.29 is 22.8 Å². The van der Waals surface area contributed by atoms with Crippen LogP contribution in [0.25, 0.3) is 0 Å². The van der Waals surface area contributed by atoms with E-state index in [2.05, 4.69) is 10.3 Å². The minimum absolute atomic E-state index is 0.0685. The first-order valence-corrected chi connectivity index (χ1v) is 5.40. The lowest BCUT2D eigenvalue weighted by Crippen LogP contribution is -2.41. The number of hydrogen-bond donors (Lipinski definition) is 2. The number of hydrogen-bond acceptors (Lipinski definition) is 3. The summed E-state index contributed by atoms with van der Waals surface area (Å²) in [6.07, 6.45) is -1.74. The molecule has 0 unspecified atom stereocenters. The maximum Gasteiger partial charge on any atom is 0.471 e. The molecule has 2 amide bonds. The zero-order chi connectivity index (χ0) is 14.3. The van der Waals surface area contributed by atoms with Gasteiger partial charge in [-0.2, -0.15) is 13.2 Å². The van der Waals surface area contributed by atoms with E-state index in [1.807, 2.05) is 0 Å². The highest BCUT2D eigenvalue weighted by molar-refractivity contribution is 5.81. The third-order valence-electron chi connectivity index (χ3n) is 2.08. The molecule has 0 saturated carbocycles. The average molecular weight is 275 g/mol. The number of nitrogens with zero attached hydrogens (tertiary/aromatic N) is 1. The number of rotatable bonds is 5. The van der Waals surface area contributed by atoms with E-state index in [9.17, 15) is 22.8 Å². The largest absolute Gasteiger partial charge is 0.471 e. The van der Waals surface area contributed by atoms with Crippen LogP contribution in [0.15, 0.2) is 24.5 Å². The molecule has 19 heavy (non-hydrogen) atoms. The van der Waals surface area contributed by atoms with Gasteiger partial charge in [-0.05, 0) is 11.6 Å².